The first-order chi connectivity index (χ1) is 12.0. The second kappa shape index (κ2) is 5.70. The number of hydrogen-bond acceptors (Lipinski definition) is 3. The van der Waals surface area contributed by atoms with Gasteiger partial charge in [0.15, 0.2) is 0 Å². The number of carbonyl (C=O) groups excluding carboxylic acids is 1. The number of nitrogens with zero attached hydrogens (tertiary/aromatic N) is 1. The Labute approximate surface area is 147 Å². The zero-order valence-electron chi connectivity index (χ0n) is 13.3. The van der Waals surface area contributed by atoms with E-state index in [1.165, 1.54) is 16.7 Å². The van der Waals surface area contributed by atoms with Gasteiger partial charge in [-0.05, 0) is 24.3 Å². The number of esters is 1. The van der Waals surface area contributed by atoms with Crippen LogP contribution in [-0.2, 0) is 11.8 Å². The van der Waals surface area contributed by atoms with E-state index in [-0.39, 0.29) is 33.9 Å². The molecule has 25 heavy (non-hydrogen) atoms. The average molecular weight is 358 g/mol. The number of aryl methyl sites for hydroxylation is 1. The Morgan fingerprint density at radius 2 is 1.88 bits per heavy atom. The van der Waals surface area contributed by atoms with Crippen LogP contribution >= 0.6 is 11.6 Å². The predicted octanol–water partition coefficient (Wildman–Crippen LogP) is 3.77. The highest BCUT2D eigenvalue weighted by Crippen LogP contribution is 2.43. The Morgan fingerprint density at radius 3 is 2.64 bits per heavy atom. The smallest absolute Gasteiger partial charge is 0.312 e. The largest absolute Gasteiger partial charge is 0.425 e. The van der Waals surface area contributed by atoms with E-state index in [1.807, 2.05) is 0 Å². The van der Waals surface area contributed by atoms with Crippen LogP contribution in [0.3, 0.4) is 0 Å². The Morgan fingerprint density at radius 1 is 1.12 bits per heavy atom. The molecule has 2 heterocycles. The van der Waals surface area contributed by atoms with Crippen molar-refractivity contribution in [3.05, 3.63) is 74.8 Å². The molecule has 0 aliphatic carbocycles. The number of para-hydroxylation sites is 1. The maximum absolute atomic E-state index is 14.5. The molecule has 1 aliphatic rings. The van der Waals surface area contributed by atoms with Gasteiger partial charge in [0.25, 0.3) is 5.56 Å². The van der Waals surface area contributed by atoms with Gasteiger partial charge in [0.1, 0.15) is 11.6 Å². The van der Waals surface area contributed by atoms with E-state index in [4.69, 9.17) is 16.3 Å². The Hall–Kier alpha value is -2.66. The topological polar surface area (TPSA) is 48.3 Å². The maximum atomic E-state index is 14.5. The summed E-state index contributed by atoms with van der Waals surface area (Å²) in [6, 6.07) is 11.4. The molecule has 4 rings (SSSR count). The lowest BCUT2D eigenvalue weighted by molar-refractivity contribution is -0.135. The van der Waals surface area contributed by atoms with Crippen molar-refractivity contribution in [1.29, 1.82) is 0 Å². The van der Waals surface area contributed by atoms with Gasteiger partial charge < -0.3 is 9.30 Å². The van der Waals surface area contributed by atoms with E-state index >= 15 is 0 Å². The van der Waals surface area contributed by atoms with Gasteiger partial charge in [-0.1, -0.05) is 29.8 Å². The SMILES string of the molecule is Cn1c(=O)c2c(c3ccccc31)OC(=O)C[C@@H]2c1c(F)cccc1Cl. The number of rotatable bonds is 1. The normalized spacial score (nSPS) is 16.6. The van der Waals surface area contributed by atoms with Crippen molar-refractivity contribution in [2.75, 3.05) is 0 Å². The van der Waals surface area contributed by atoms with Gasteiger partial charge in [0.05, 0.1) is 17.5 Å². The fourth-order valence-corrected chi connectivity index (χ4v) is 3.72. The van der Waals surface area contributed by atoms with E-state index in [2.05, 4.69) is 0 Å². The number of aromatic nitrogens is 1. The van der Waals surface area contributed by atoms with Crippen LogP contribution < -0.4 is 10.3 Å². The van der Waals surface area contributed by atoms with Crippen LogP contribution in [-0.4, -0.2) is 10.5 Å². The lowest BCUT2D eigenvalue weighted by Crippen LogP contribution is -2.32. The van der Waals surface area contributed by atoms with Crippen molar-refractivity contribution >= 4 is 28.5 Å². The zero-order chi connectivity index (χ0) is 17.7. The number of ether oxygens (including phenoxy) is 1. The fourth-order valence-electron chi connectivity index (χ4n) is 3.42. The molecule has 1 aliphatic heterocycles. The van der Waals surface area contributed by atoms with Crippen LogP contribution in [0.2, 0.25) is 5.02 Å². The van der Waals surface area contributed by atoms with Crippen LogP contribution in [0.1, 0.15) is 23.5 Å². The number of fused-ring (bicyclic) bond motifs is 3. The second-order valence-electron chi connectivity index (χ2n) is 5.99. The van der Waals surface area contributed by atoms with Crippen molar-refractivity contribution < 1.29 is 13.9 Å². The zero-order valence-corrected chi connectivity index (χ0v) is 14.0. The molecular weight excluding hydrogens is 345 g/mol. The van der Waals surface area contributed by atoms with Crippen molar-refractivity contribution in [2.24, 2.45) is 7.05 Å². The quantitative estimate of drug-likeness (QED) is 0.623. The van der Waals surface area contributed by atoms with Crippen LogP contribution in [0.5, 0.6) is 5.75 Å². The summed E-state index contributed by atoms with van der Waals surface area (Å²) in [5.74, 6) is -1.66. The van der Waals surface area contributed by atoms with Crippen LogP contribution in [0.25, 0.3) is 10.9 Å². The molecule has 6 heteroatoms. The summed E-state index contributed by atoms with van der Waals surface area (Å²) in [5, 5.41) is 0.811. The summed E-state index contributed by atoms with van der Waals surface area (Å²) < 4.78 is 21.3. The van der Waals surface area contributed by atoms with Crippen LogP contribution in [0.4, 0.5) is 4.39 Å². The number of benzene rings is 2. The molecule has 0 fully saturated rings. The molecule has 0 N–H and O–H groups in total. The highest BCUT2D eigenvalue weighted by atomic mass is 35.5. The molecule has 2 aromatic carbocycles. The molecule has 126 valence electrons. The van der Waals surface area contributed by atoms with Crippen molar-refractivity contribution in [3.8, 4) is 5.75 Å². The Balaban J connectivity index is 2.11. The minimum Gasteiger partial charge on any atom is -0.425 e. The highest BCUT2D eigenvalue weighted by molar-refractivity contribution is 6.31. The van der Waals surface area contributed by atoms with Gasteiger partial charge in [-0.2, -0.15) is 0 Å². The van der Waals surface area contributed by atoms with E-state index in [0.29, 0.717) is 10.9 Å². The minimum absolute atomic E-state index is 0.138. The molecule has 0 saturated carbocycles. The van der Waals surface area contributed by atoms with Gasteiger partial charge in [0, 0.05) is 28.9 Å². The fraction of sp³-hybridized carbons (Fsp3) is 0.158. The van der Waals surface area contributed by atoms with E-state index in [9.17, 15) is 14.0 Å². The first-order valence-electron chi connectivity index (χ1n) is 7.75. The molecule has 0 saturated heterocycles. The first kappa shape index (κ1) is 15.8. The summed E-state index contributed by atoms with van der Waals surface area (Å²) in [7, 11) is 1.64. The summed E-state index contributed by atoms with van der Waals surface area (Å²) in [5.41, 5.74) is 0.715. The average Bonchev–Trinajstić information content (AvgIpc) is 2.59. The van der Waals surface area contributed by atoms with Crippen LogP contribution in [0.15, 0.2) is 47.3 Å². The summed E-state index contributed by atoms with van der Waals surface area (Å²) in [6.07, 6.45) is -0.138. The molecule has 4 nitrogen and oxygen atoms in total. The maximum Gasteiger partial charge on any atom is 0.312 e. The molecule has 0 unspecified atom stereocenters. The van der Waals surface area contributed by atoms with Crippen molar-refractivity contribution in [1.82, 2.24) is 4.57 Å². The van der Waals surface area contributed by atoms with Crippen molar-refractivity contribution in [2.45, 2.75) is 12.3 Å². The summed E-state index contributed by atoms with van der Waals surface area (Å²) >= 11 is 6.19. The van der Waals surface area contributed by atoms with Crippen molar-refractivity contribution in [3.63, 3.8) is 0 Å². The molecule has 3 aromatic rings. The van der Waals surface area contributed by atoms with Gasteiger partial charge in [0.2, 0.25) is 0 Å². The molecule has 0 bridgehead atoms. The number of hydrogen-bond donors (Lipinski definition) is 0. The highest BCUT2D eigenvalue weighted by Gasteiger charge is 2.35. The number of pyridine rings is 1. The predicted molar refractivity (Wildman–Crippen MR) is 92.7 cm³/mol. The van der Waals surface area contributed by atoms with Gasteiger partial charge in [-0.15, -0.1) is 0 Å². The lowest BCUT2D eigenvalue weighted by atomic mass is 9.85. The molecule has 0 amide bonds. The number of halogens is 2. The Kier molecular flexibility index (Phi) is 3.62. The van der Waals surface area contributed by atoms with E-state index in [1.54, 1.807) is 37.4 Å². The Bertz CT molecular complexity index is 1070. The third kappa shape index (κ3) is 2.35. The van der Waals surface area contributed by atoms with Gasteiger partial charge in [-0.25, -0.2) is 4.39 Å². The number of carbonyl (C=O) groups is 1. The molecule has 0 radical (unpaired) electrons. The molecule has 0 spiro atoms. The third-order valence-electron chi connectivity index (χ3n) is 4.57. The molecule has 1 atom stereocenters. The summed E-state index contributed by atoms with van der Waals surface area (Å²) in [6.45, 7) is 0. The molecular formula is C19H13ClFNO3. The van der Waals surface area contributed by atoms with Gasteiger partial charge in [-0.3, -0.25) is 9.59 Å². The van der Waals surface area contributed by atoms with E-state index in [0.717, 1.165) is 0 Å². The lowest BCUT2D eigenvalue weighted by Gasteiger charge is -2.27. The summed E-state index contributed by atoms with van der Waals surface area (Å²) in [4.78, 5) is 25.1. The van der Waals surface area contributed by atoms with Gasteiger partial charge >= 0.3 is 5.97 Å². The molecule has 1 aromatic heterocycles. The standard InChI is InChI=1S/C19H13ClFNO3/c1-22-14-8-3-2-5-10(14)18-17(19(22)24)11(9-15(23)25-18)16-12(20)6-4-7-13(16)21/h2-8,11H,9H2,1H3/t11-/m1/s1. The van der Waals surface area contributed by atoms with E-state index < -0.39 is 17.7 Å². The van der Waals surface area contributed by atoms with Crippen LogP contribution in [0, 0.1) is 5.82 Å². The second-order valence-corrected chi connectivity index (χ2v) is 6.40. The first-order valence-corrected chi connectivity index (χ1v) is 8.13. The monoisotopic (exact) mass is 357 g/mol. The minimum atomic E-state index is -0.784. The third-order valence-corrected chi connectivity index (χ3v) is 4.90.